The van der Waals surface area contributed by atoms with Gasteiger partial charge in [0, 0.05) is 61.5 Å². The summed E-state index contributed by atoms with van der Waals surface area (Å²) in [6.45, 7) is 6.85. The van der Waals surface area contributed by atoms with Gasteiger partial charge in [-0.3, -0.25) is 9.78 Å². The highest BCUT2D eigenvalue weighted by molar-refractivity contribution is 5.94. The van der Waals surface area contributed by atoms with Crippen LogP contribution in [-0.4, -0.2) is 56.6 Å². The third-order valence-electron chi connectivity index (χ3n) is 5.66. The largest absolute Gasteiger partial charge is 0.472 e. The number of fused-ring (bicyclic) bond motifs is 1. The van der Waals surface area contributed by atoms with Gasteiger partial charge in [0.05, 0.1) is 17.5 Å². The van der Waals surface area contributed by atoms with Crippen LogP contribution >= 0.6 is 0 Å². The molecule has 1 aliphatic heterocycles. The molecule has 0 bridgehead atoms. The molecule has 0 spiro atoms. The van der Waals surface area contributed by atoms with Crippen molar-refractivity contribution in [3.63, 3.8) is 0 Å². The number of hydrogen-bond acceptors (Lipinski definition) is 6. The number of rotatable bonds is 3. The lowest BCUT2D eigenvalue weighted by molar-refractivity contribution is 0.0745. The lowest BCUT2D eigenvalue weighted by Crippen LogP contribution is -2.49. The lowest BCUT2D eigenvalue weighted by atomic mass is 10.2. The molecule has 1 amide bonds. The van der Waals surface area contributed by atoms with Crippen LogP contribution in [0.3, 0.4) is 0 Å². The molecule has 8 heteroatoms. The van der Waals surface area contributed by atoms with Crippen molar-refractivity contribution in [2.24, 2.45) is 0 Å². The van der Waals surface area contributed by atoms with Crippen molar-refractivity contribution in [2.45, 2.75) is 13.8 Å². The Morgan fingerprint density at radius 3 is 2.53 bits per heavy atom. The van der Waals surface area contributed by atoms with Gasteiger partial charge in [0.2, 0.25) is 0 Å². The quantitative estimate of drug-likeness (QED) is 0.524. The number of anilines is 1. The summed E-state index contributed by atoms with van der Waals surface area (Å²) < 4.78 is 6.97. The van der Waals surface area contributed by atoms with Crippen molar-refractivity contribution in [1.82, 2.24) is 24.5 Å². The van der Waals surface area contributed by atoms with Gasteiger partial charge in [0.15, 0.2) is 5.65 Å². The van der Waals surface area contributed by atoms with Crippen LogP contribution in [0.25, 0.3) is 16.9 Å². The normalized spacial score (nSPS) is 14.5. The Hall–Kier alpha value is -3.68. The van der Waals surface area contributed by atoms with Crippen molar-refractivity contribution < 1.29 is 9.21 Å². The zero-order valence-corrected chi connectivity index (χ0v) is 16.9. The van der Waals surface area contributed by atoms with Gasteiger partial charge in [0.25, 0.3) is 5.91 Å². The minimum absolute atomic E-state index is 0.00948. The smallest absolute Gasteiger partial charge is 0.257 e. The SMILES string of the molecule is Cc1nc2cc(-c3ccncc3)nn2c(N2CCN(C(=O)c3ccoc3)CC2)c1C. The average molecular weight is 402 g/mol. The molecule has 1 fully saturated rings. The fraction of sp³-hybridized carbons (Fsp3) is 0.273. The Kier molecular flexibility index (Phi) is 4.46. The number of amides is 1. The van der Waals surface area contributed by atoms with E-state index >= 15 is 0 Å². The third kappa shape index (κ3) is 3.10. The molecular weight excluding hydrogens is 380 g/mol. The van der Waals surface area contributed by atoms with Gasteiger partial charge >= 0.3 is 0 Å². The molecule has 4 aromatic rings. The Bertz CT molecular complexity index is 1190. The fourth-order valence-electron chi connectivity index (χ4n) is 3.91. The predicted molar refractivity (Wildman–Crippen MR) is 113 cm³/mol. The number of carbonyl (C=O) groups is 1. The van der Waals surface area contributed by atoms with E-state index in [0.717, 1.165) is 47.1 Å². The minimum atomic E-state index is 0.00948. The lowest BCUT2D eigenvalue weighted by Gasteiger charge is -2.36. The number of hydrogen-bond donors (Lipinski definition) is 0. The number of nitrogens with zero attached hydrogens (tertiary/aromatic N) is 6. The first-order chi connectivity index (χ1) is 14.6. The summed E-state index contributed by atoms with van der Waals surface area (Å²) in [6.07, 6.45) is 6.56. The number of furan rings is 1. The molecule has 0 aromatic carbocycles. The van der Waals surface area contributed by atoms with E-state index in [9.17, 15) is 4.79 Å². The van der Waals surface area contributed by atoms with E-state index in [1.54, 1.807) is 18.5 Å². The van der Waals surface area contributed by atoms with Crippen LogP contribution in [0, 0.1) is 13.8 Å². The molecule has 1 aliphatic rings. The van der Waals surface area contributed by atoms with Crippen LogP contribution < -0.4 is 4.90 Å². The summed E-state index contributed by atoms with van der Waals surface area (Å²) in [7, 11) is 0. The molecule has 5 rings (SSSR count). The van der Waals surface area contributed by atoms with E-state index in [1.165, 1.54) is 12.5 Å². The van der Waals surface area contributed by atoms with E-state index in [0.29, 0.717) is 18.7 Å². The van der Waals surface area contributed by atoms with E-state index in [2.05, 4.69) is 16.8 Å². The molecule has 0 N–H and O–H groups in total. The van der Waals surface area contributed by atoms with Crippen LogP contribution in [0.15, 0.2) is 53.6 Å². The Morgan fingerprint density at radius 1 is 1.07 bits per heavy atom. The van der Waals surface area contributed by atoms with Crippen LogP contribution in [-0.2, 0) is 0 Å². The summed E-state index contributed by atoms with van der Waals surface area (Å²) in [4.78, 5) is 25.6. The van der Waals surface area contributed by atoms with Gasteiger partial charge in [-0.1, -0.05) is 0 Å². The second-order valence-corrected chi connectivity index (χ2v) is 7.47. The van der Waals surface area contributed by atoms with Gasteiger partial charge in [0.1, 0.15) is 12.1 Å². The summed E-state index contributed by atoms with van der Waals surface area (Å²) in [5, 5.41) is 4.85. The van der Waals surface area contributed by atoms with Crippen molar-refractivity contribution in [1.29, 1.82) is 0 Å². The van der Waals surface area contributed by atoms with Crippen LogP contribution in [0.1, 0.15) is 21.6 Å². The molecule has 30 heavy (non-hydrogen) atoms. The molecule has 0 saturated carbocycles. The van der Waals surface area contributed by atoms with Crippen LogP contribution in [0.2, 0.25) is 0 Å². The maximum atomic E-state index is 12.6. The first kappa shape index (κ1) is 18.4. The van der Waals surface area contributed by atoms with E-state index < -0.39 is 0 Å². The summed E-state index contributed by atoms with van der Waals surface area (Å²) in [5.74, 6) is 1.04. The maximum absolute atomic E-state index is 12.6. The van der Waals surface area contributed by atoms with Gasteiger partial charge in [-0.05, 0) is 32.0 Å². The highest BCUT2D eigenvalue weighted by Crippen LogP contribution is 2.27. The molecule has 8 nitrogen and oxygen atoms in total. The van der Waals surface area contributed by atoms with Crippen molar-refractivity contribution in [2.75, 3.05) is 31.1 Å². The molecule has 0 aliphatic carbocycles. The topological polar surface area (TPSA) is 79.8 Å². The average Bonchev–Trinajstić information content (AvgIpc) is 3.45. The minimum Gasteiger partial charge on any atom is -0.472 e. The zero-order valence-electron chi connectivity index (χ0n) is 16.9. The number of piperazine rings is 1. The van der Waals surface area contributed by atoms with E-state index in [-0.39, 0.29) is 5.91 Å². The van der Waals surface area contributed by atoms with Crippen LogP contribution in [0.4, 0.5) is 5.82 Å². The first-order valence-electron chi connectivity index (χ1n) is 9.95. The van der Waals surface area contributed by atoms with Gasteiger partial charge in [-0.2, -0.15) is 9.61 Å². The predicted octanol–water partition coefficient (Wildman–Crippen LogP) is 2.96. The summed E-state index contributed by atoms with van der Waals surface area (Å²) in [6, 6.07) is 7.60. The van der Waals surface area contributed by atoms with Gasteiger partial charge in [-0.25, -0.2) is 4.98 Å². The monoisotopic (exact) mass is 402 g/mol. The van der Waals surface area contributed by atoms with Crippen LogP contribution in [0.5, 0.6) is 0 Å². The molecule has 0 radical (unpaired) electrons. The van der Waals surface area contributed by atoms with Gasteiger partial charge < -0.3 is 14.2 Å². The van der Waals surface area contributed by atoms with Crippen molar-refractivity contribution in [3.05, 3.63) is 66.0 Å². The first-order valence-corrected chi connectivity index (χ1v) is 9.95. The molecule has 0 unspecified atom stereocenters. The number of aryl methyl sites for hydroxylation is 1. The molecule has 5 heterocycles. The standard InChI is InChI=1S/C22H22N6O2/c1-15-16(2)24-20-13-19(17-3-6-23-7-4-17)25-28(20)21(15)26-8-10-27(11-9-26)22(29)18-5-12-30-14-18/h3-7,12-14H,8-11H2,1-2H3. The number of aromatic nitrogens is 4. The molecule has 1 saturated heterocycles. The molecule has 4 aromatic heterocycles. The Balaban J connectivity index is 1.46. The molecule has 152 valence electrons. The van der Waals surface area contributed by atoms with Crippen molar-refractivity contribution >= 4 is 17.4 Å². The highest BCUT2D eigenvalue weighted by atomic mass is 16.3. The fourth-order valence-corrected chi connectivity index (χ4v) is 3.91. The van der Waals surface area contributed by atoms with Gasteiger partial charge in [-0.15, -0.1) is 0 Å². The maximum Gasteiger partial charge on any atom is 0.257 e. The Labute approximate surface area is 173 Å². The molecular formula is C22H22N6O2. The second kappa shape index (κ2) is 7.29. The van der Waals surface area contributed by atoms with E-state index in [4.69, 9.17) is 14.5 Å². The number of carbonyl (C=O) groups excluding carboxylic acids is 1. The van der Waals surface area contributed by atoms with E-state index in [1.807, 2.05) is 34.5 Å². The highest BCUT2D eigenvalue weighted by Gasteiger charge is 2.26. The zero-order chi connectivity index (χ0) is 20.7. The molecule has 0 atom stereocenters. The summed E-state index contributed by atoms with van der Waals surface area (Å²) in [5.41, 5.74) is 5.36. The summed E-state index contributed by atoms with van der Waals surface area (Å²) >= 11 is 0. The Morgan fingerprint density at radius 2 is 1.83 bits per heavy atom. The second-order valence-electron chi connectivity index (χ2n) is 7.47. The number of pyridine rings is 1. The third-order valence-corrected chi connectivity index (χ3v) is 5.66. The van der Waals surface area contributed by atoms with Crippen molar-refractivity contribution in [3.8, 4) is 11.3 Å².